The predicted octanol–water partition coefficient (Wildman–Crippen LogP) is 3.31. The molecule has 0 unspecified atom stereocenters. The van der Waals surface area contributed by atoms with Crippen LogP contribution in [-0.4, -0.2) is 26.5 Å². The normalized spacial score (nSPS) is 10.9. The molecule has 0 saturated carbocycles. The summed E-state index contributed by atoms with van der Waals surface area (Å²) in [7, 11) is 0. The standard InChI is InChI=1S/C21H18N4O5S/c1-2-4-17-24-25-18(26)11-15(23-21(25)31-17)12-30-20(28)13-6-8-14(9-7-13)22-19(27)16-5-3-10-29-16/h3,5-11H,2,4,12H2,1H3,(H,22,27). The van der Waals surface area contributed by atoms with Crippen LogP contribution in [0.5, 0.6) is 0 Å². The van der Waals surface area contributed by atoms with Crippen LogP contribution in [0.25, 0.3) is 4.96 Å². The maximum Gasteiger partial charge on any atom is 0.338 e. The van der Waals surface area contributed by atoms with Crippen molar-refractivity contribution >= 4 is 33.9 Å². The lowest BCUT2D eigenvalue weighted by molar-refractivity contribution is 0.0467. The van der Waals surface area contributed by atoms with Crippen molar-refractivity contribution in [3.05, 3.63) is 81.1 Å². The van der Waals surface area contributed by atoms with E-state index in [-0.39, 0.29) is 17.9 Å². The van der Waals surface area contributed by atoms with Gasteiger partial charge in [0.05, 0.1) is 17.5 Å². The smallest absolute Gasteiger partial charge is 0.338 e. The number of furan rings is 1. The van der Waals surface area contributed by atoms with Crippen LogP contribution < -0.4 is 10.9 Å². The van der Waals surface area contributed by atoms with Crippen molar-refractivity contribution in [2.75, 3.05) is 5.32 Å². The second-order valence-corrected chi connectivity index (χ2v) is 7.65. The zero-order valence-corrected chi connectivity index (χ0v) is 17.3. The Balaban J connectivity index is 1.39. The van der Waals surface area contributed by atoms with Gasteiger partial charge in [-0.1, -0.05) is 18.3 Å². The quantitative estimate of drug-likeness (QED) is 0.440. The van der Waals surface area contributed by atoms with Gasteiger partial charge in [0.2, 0.25) is 4.96 Å². The van der Waals surface area contributed by atoms with Crippen molar-refractivity contribution in [3.8, 4) is 0 Å². The molecule has 1 N–H and O–H groups in total. The van der Waals surface area contributed by atoms with Gasteiger partial charge in [-0.05, 0) is 42.8 Å². The van der Waals surface area contributed by atoms with E-state index in [1.54, 1.807) is 24.3 Å². The summed E-state index contributed by atoms with van der Waals surface area (Å²) in [6.45, 7) is 1.90. The van der Waals surface area contributed by atoms with Crippen LogP contribution in [0.2, 0.25) is 0 Å². The van der Waals surface area contributed by atoms with E-state index in [1.165, 1.54) is 40.3 Å². The van der Waals surface area contributed by atoms with Gasteiger partial charge in [-0.15, -0.1) is 0 Å². The van der Waals surface area contributed by atoms with Crippen molar-refractivity contribution in [2.24, 2.45) is 0 Å². The number of esters is 1. The number of fused-ring (bicyclic) bond motifs is 1. The molecule has 158 valence electrons. The number of hydrogen-bond acceptors (Lipinski definition) is 8. The third kappa shape index (κ3) is 4.69. The number of carbonyl (C=O) groups excluding carboxylic acids is 2. The average Bonchev–Trinajstić information content (AvgIpc) is 3.43. The number of carbonyl (C=O) groups is 2. The maximum absolute atomic E-state index is 12.3. The largest absolute Gasteiger partial charge is 0.459 e. The Morgan fingerprint density at radius 3 is 2.74 bits per heavy atom. The summed E-state index contributed by atoms with van der Waals surface area (Å²) in [5.41, 5.74) is 0.849. The Kier molecular flexibility index (Phi) is 5.89. The highest BCUT2D eigenvalue weighted by Gasteiger charge is 2.13. The Bertz CT molecular complexity index is 1280. The highest BCUT2D eigenvalue weighted by atomic mass is 32.1. The first-order valence-electron chi connectivity index (χ1n) is 9.54. The van der Waals surface area contributed by atoms with Gasteiger partial charge in [-0.3, -0.25) is 9.59 Å². The second kappa shape index (κ2) is 8.92. The van der Waals surface area contributed by atoms with Gasteiger partial charge in [-0.25, -0.2) is 9.78 Å². The van der Waals surface area contributed by atoms with Gasteiger partial charge in [-0.2, -0.15) is 9.61 Å². The molecular weight excluding hydrogens is 420 g/mol. The number of amides is 1. The lowest BCUT2D eigenvalue weighted by atomic mass is 10.2. The van der Waals surface area contributed by atoms with Crippen molar-refractivity contribution in [2.45, 2.75) is 26.4 Å². The summed E-state index contributed by atoms with van der Waals surface area (Å²) in [5, 5.41) is 7.75. The highest BCUT2D eigenvalue weighted by Crippen LogP contribution is 2.15. The number of nitrogens with zero attached hydrogens (tertiary/aromatic N) is 3. The molecule has 0 bridgehead atoms. The molecule has 0 saturated heterocycles. The summed E-state index contributed by atoms with van der Waals surface area (Å²) in [6, 6.07) is 10.7. The van der Waals surface area contributed by atoms with Gasteiger partial charge < -0.3 is 14.5 Å². The first-order valence-corrected chi connectivity index (χ1v) is 10.4. The lowest BCUT2D eigenvalue weighted by Crippen LogP contribution is -2.16. The van der Waals surface area contributed by atoms with Gasteiger partial charge in [0, 0.05) is 18.2 Å². The summed E-state index contributed by atoms with van der Waals surface area (Å²) in [6.07, 6.45) is 3.11. The van der Waals surface area contributed by atoms with Crippen molar-refractivity contribution in [1.82, 2.24) is 14.6 Å². The summed E-state index contributed by atoms with van der Waals surface area (Å²) >= 11 is 1.35. The minimum absolute atomic E-state index is 0.136. The number of hydrogen-bond donors (Lipinski definition) is 1. The molecule has 0 radical (unpaired) electrons. The van der Waals surface area contributed by atoms with Crippen molar-refractivity contribution < 1.29 is 18.7 Å². The molecule has 9 nitrogen and oxygen atoms in total. The van der Waals surface area contributed by atoms with Crippen LogP contribution >= 0.6 is 11.3 Å². The van der Waals surface area contributed by atoms with E-state index < -0.39 is 11.9 Å². The SMILES string of the molecule is CCCc1nn2c(=O)cc(COC(=O)c3ccc(NC(=O)c4ccco4)cc3)nc2s1. The molecule has 4 rings (SSSR count). The number of ether oxygens (including phenoxy) is 1. The molecule has 1 aromatic carbocycles. The number of benzene rings is 1. The van der Waals surface area contributed by atoms with Gasteiger partial charge in [0.1, 0.15) is 11.6 Å². The number of anilines is 1. The number of aryl methyl sites for hydroxylation is 1. The molecule has 10 heteroatoms. The summed E-state index contributed by atoms with van der Waals surface area (Å²) in [5.74, 6) is -0.772. The number of aromatic nitrogens is 3. The molecule has 0 aliphatic rings. The van der Waals surface area contributed by atoms with E-state index >= 15 is 0 Å². The molecule has 4 aromatic rings. The predicted molar refractivity (Wildman–Crippen MR) is 113 cm³/mol. The first-order chi connectivity index (χ1) is 15.0. The topological polar surface area (TPSA) is 116 Å². The molecular formula is C21H18N4O5S. The Morgan fingerprint density at radius 2 is 2.03 bits per heavy atom. The van der Waals surface area contributed by atoms with Crippen LogP contribution in [0.4, 0.5) is 5.69 Å². The fourth-order valence-electron chi connectivity index (χ4n) is 2.80. The lowest BCUT2D eigenvalue weighted by Gasteiger charge is -2.06. The average molecular weight is 438 g/mol. The first kappa shape index (κ1) is 20.5. The molecule has 0 fully saturated rings. The molecule has 31 heavy (non-hydrogen) atoms. The van der Waals surface area contributed by atoms with E-state index in [1.807, 2.05) is 6.92 Å². The van der Waals surface area contributed by atoms with Gasteiger partial charge >= 0.3 is 5.97 Å². The molecule has 0 aliphatic carbocycles. The molecule has 0 atom stereocenters. The third-order valence-electron chi connectivity index (χ3n) is 4.28. The van der Waals surface area contributed by atoms with E-state index in [0.29, 0.717) is 21.9 Å². The van der Waals surface area contributed by atoms with Crippen LogP contribution in [0.1, 0.15) is 45.0 Å². The van der Waals surface area contributed by atoms with E-state index in [9.17, 15) is 14.4 Å². The fraction of sp³-hybridized carbons (Fsp3) is 0.190. The monoisotopic (exact) mass is 438 g/mol. The fourth-order valence-corrected chi connectivity index (χ4v) is 3.82. The Hall–Kier alpha value is -3.79. The van der Waals surface area contributed by atoms with E-state index in [2.05, 4.69) is 15.4 Å². The molecule has 3 aromatic heterocycles. The molecule has 3 heterocycles. The van der Waals surface area contributed by atoms with Crippen LogP contribution in [0.3, 0.4) is 0 Å². The van der Waals surface area contributed by atoms with E-state index in [4.69, 9.17) is 9.15 Å². The summed E-state index contributed by atoms with van der Waals surface area (Å²) in [4.78, 5) is 41.4. The van der Waals surface area contributed by atoms with Crippen molar-refractivity contribution in [1.29, 1.82) is 0 Å². The van der Waals surface area contributed by atoms with Crippen LogP contribution in [0.15, 0.2) is 57.9 Å². The minimum atomic E-state index is -0.568. The maximum atomic E-state index is 12.3. The number of rotatable bonds is 7. The Morgan fingerprint density at radius 1 is 1.23 bits per heavy atom. The zero-order chi connectivity index (χ0) is 21.8. The van der Waals surface area contributed by atoms with Gasteiger partial charge in [0.25, 0.3) is 11.5 Å². The molecule has 0 spiro atoms. The van der Waals surface area contributed by atoms with Crippen LogP contribution in [0, 0.1) is 0 Å². The second-order valence-electron chi connectivity index (χ2n) is 6.61. The summed E-state index contributed by atoms with van der Waals surface area (Å²) < 4.78 is 11.6. The minimum Gasteiger partial charge on any atom is -0.459 e. The Labute approximate surface area is 180 Å². The number of nitrogens with one attached hydrogen (secondary N) is 1. The van der Waals surface area contributed by atoms with Crippen LogP contribution in [-0.2, 0) is 17.8 Å². The van der Waals surface area contributed by atoms with Crippen molar-refractivity contribution in [3.63, 3.8) is 0 Å². The molecule has 0 aliphatic heterocycles. The van der Waals surface area contributed by atoms with E-state index in [0.717, 1.165) is 17.8 Å². The zero-order valence-electron chi connectivity index (χ0n) is 16.5. The van der Waals surface area contributed by atoms with Gasteiger partial charge in [0.15, 0.2) is 5.76 Å². The highest BCUT2D eigenvalue weighted by molar-refractivity contribution is 7.16. The molecule has 1 amide bonds. The third-order valence-corrected chi connectivity index (χ3v) is 5.25.